The Morgan fingerprint density at radius 2 is 1.90 bits per heavy atom. The fourth-order valence-corrected chi connectivity index (χ4v) is 1.47. The summed E-state index contributed by atoms with van der Waals surface area (Å²) in [5.74, 6) is 0.195. The quantitative estimate of drug-likeness (QED) is 0.845. The molecule has 0 aliphatic heterocycles. The number of benzene rings is 1. The summed E-state index contributed by atoms with van der Waals surface area (Å²) < 4.78 is 19.0. The van der Waals surface area contributed by atoms with Crippen LogP contribution >= 0.6 is 0 Å². The Morgan fingerprint density at radius 1 is 1.15 bits per heavy atom. The molecular formula is C13H16FN5O. The normalized spacial score (nSPS) is 10.2. The molecule has 0 aliphatic carbocycles. The number of aromatic nitrogens is 3. The Bertz CT molecular complexity index is 578. The molecule has 1 aromatic heterocycles. The summed E-state index contributed by atoms with van der Waals surface area (Å²) in [4.78, 5) is 12.3. The van der Waals surface area contributed by atoms with Gasteiger partial charge < -0.3 is 15.4 Å². The van der Waals surface area contributed by atoms with Gasteiger partial charge in [0.2, 0.25) is 11.9 Å². The Morgan fingerprint density at radius 3 is 2.60 bits per heavy atom. The second-order valence-electron chi connectivity index (χ2n) is 3.97. The van der Waals surface area contributed by atoms with Crippen molar-refractivity contribution in [1.82, 2.24) is 15.0 Å². The third-order valence-electron chi connectivity index (χ3n) is 2.39. The van der Waals surface area contributed by atoms with E-state index in [-0.39, 0.29) is 17.8 Å². The molecule has 1 aromatic carbocycles. The minimum absolute atomic E-state index is 0.199. The van der Waals surface area contributed by atoms with Crippen molar-refractivity contribution in [3.8, 4) is 6.01 Å². The van der Waals surface area contributed by atoms with Gasteiger partial charge in [-0.05, 0) is 18.6 Å². The summed E-state index contributed by atoms with van der Waals surface area (Å²) in [7, 11) is 1.69. The van der Waals surface area contributed by atoms with Crippen LogP contribution in [0.3, 0.4) is 0 Å². The van der Waals surface area contributed by atoms with Crippen LogP contribution < -0.4 is 15.4 Å². The van der Waals surface area contributed by atoms with Crippen molar-refractivity contribution < 1.29 is 9.13 Å². The van der Waals surface area contributed by atoms with Crippen LogP contribution in [-0.4, -0.2) is 28.6 Å². The van der Waals surface area contributed by atoms with Gasteiger partial charge in [0.1, 0.15) is 5.82 Å². The minimum atomic E-state index is -0.380. The van der Waals surface area contributed by atoms with Gasteiger partial charge in [-0.2, -0.15) is 15.0 Å². The van der Waals surface area contributed by atoms with Crippen molar-refractivity contribution in [3.05, 3.63) is 30.1 Å². The van der Waals surface area contributed by atoms with E-state index in [2.05, 4.69) is 25.6 Å². The maximum absolute atomic E-state index is 13.6. The summed E-state index contributed by atoms with van der Waals surface area (Å²) in [6.45, 7) is 2.49. The molecule has 2 aromatic rings. The maximum Gasteiger partial charge on any atom is 0.323 e. The first-order valence-corrected chi connectivity index (χ1v) is 6.31. The van der Waals surface area contributed by atoms with Crippen molar-refractivity contribution in [2.75, 3.05) is 24.3 Å². The maximum atomic E-state index is 13.6. The molecule has 7 heteroatoms. The molecule has 0 unspecified atom stereocenters. The predicted molar refractivity (Wildman–Crippen MR) is 74.8 cm³/mol. The Hall–Kier alpha value is -2.44. The average molecular weight is 277 g/mol. The van der Waals surface area contributed by atoms with Crippen LogP contribution in [0.25, 0.3) is 0 Å². The van der Waals surface area contributed by atoms with E-state index in [1.165, 1.54) is 6.07 Å². The molecule has 0 amide bonds. The first-order valence-electron chi connectivity index (χ1n) is 6.31. The van der Waals surface area contributed by atoms with Crippen LogP contribution in [0.15, 0.2) is 24.3 Å². The molecule has 0 bridgehead atoms. The standard InChI is InChI=1S/C13H16FN5O/c1-3-8-20-13-18-11(15-2)17-12(19-13)16-10-7-5-4-6-9(10)14/h4-7H,3,8H2,1-2H3,(H2,15,16,17,18,19). The van der Waals surface area contributed by atoms with Crippen LogP contribution in [0.1, 0.15) is 13.3 Å². The topological polar surface area (TPSA) is 72.0 Å². The van der Waals surface area contributed by atoms with Crippen molar-refractivity contribution in [2.24, 2.45) is 0 Å². The third-order valence-corrected chi connectivity index (χ3v) is 2.39. The van der Waals surface area contributed by atoms with Crippen LogP contribution in [-0.2, 0) is 0 Å². The van der Waals surface area contributed by atoms with Crippen LogP contribution in [0.2, 0.25) is 0 Å². The zero-order chi connectivity index (χ0) is 14.4. The zero-order valence-electron chi connectivity index (χ0n) is 11.4. The Kier molecular flexibility index (Phi) is 4.65. The highest BCUT2D eigenvalue weighted by Crippen LogP contribution is 2.19. The molecule has 106 valence electrons. The number of halogens is 1. The lowest BCUT2D eigenvalue weighted by Crippen LogP contribution is -2.08. The van der Waals surface area contributed by atoms with E-state index in [0.717, 1.165) is 6.42 Å². The van der Waals surface area contributed by atoms with E-state index >= 15 is 0 Å². The summed E-state index contributed by atoms with van der Waals surface area (Å²) >= 11 is 0. The molecule has 0 aliphatic rings. The molecule has 6 nitrogen and oxygen atoms in total. The SMILES string of the molecule is CCCOc1nc(NC)nc(Nc2ccccc2F)n1. The lowest BCUT2D eigenvalue weighted by atomic mass is 10.3. The Labute approximate surface area is 116 Å². The predicted octanol–water partition coefficient (Wildman–Crippen LogP) is 2.58. The molecule has 0 radical (unpaired) electrons. The molecule has 2 rings (SSSR count). The van der Waals surface area contributed by atoms with E-state index in [1.54, 1.807) is 25.2 Å². The molecule has 0 saturated heterocycles. The number of hydrogen-bond acceptors (Lipinski definition) is 6. The molecule has 20 heavy (non-hydrogen) atoms. The monoisotopic (exact) mass is 277 g/mol. The highest BCUT2D eigenvalue weighted by molar-refractivity contribution is 5.54. The van der Waals surface area contributed by atoms with Crippen LogP contribution in [0.4, 0.5) is 22.0 Å². The number of para-hydroxylation sites is 1. The van der Waals surface area contributed by atoms with Crippen LogP contribution in [0, 0.1) is 5.82 Å². The van der Waals surface area contributed by atoms with Gasteiger partial charge in [0.25, 0.3) is 0 Å². The van der Waals surface area contributed by atoms with Gasteiger partial charge in [0.05, 0.1) is 12.3 Å². The van der Waals surface area contributed by atoms with Gasteiger partial charge in [-0.3, -0.25) is 0 Å². The van der Waals surface area contributed by atoms with E-state index in [1.807, 2.05) is 6.92 Å². The second-order valence-corrected chi connectivity index (χ2v) is 3.97. The van der Waals surface area contributed by atoms with Crippen LogP contribution in [0.5, 0.6) is 6.01 Å². The van der Waals surface area contributed by atoms with E-state index in [0.29, 0.717) is 18.2 Å². The molecule has 1 heterocycles. The summed E-state index contributed by atoms with van der Waals surface area (Å²) in [6.07, 6.45) is 0.844. The highest BCUT2D eigenvalue weighted by atomic mass is 19.1. The number of rotatable bonds is 6. The van der Waals surface area contributed by atoms with Crippen molar-refractivity contribution in [1.29, 1.82) is 0 Å². The fraction of sp³-hybridized carbons (Fsp3) is 0.308. The number of nitrogens with one attached hydrogen (secondary N) is 2. The van der Waals surface area contributed by atoms with Gasteiger partial charge in [0.15, 0.2) is 0 Å². The minimum Gasteiger partial charge on any atom is -0.463 e. The molecule has 0 saturated carbocycles. The van der Waals surface area contributed by atoms with Gasteiger partial charge in [-0.15, -0.1) is 0 Å². The number of nitrogens with zero attached hydrogens (tertiary/aromatic N) is 3. The summed E-state index contributed by atoms with van der Waals surface area (Å²) in [5.41, 5.74) is 0.294. The van der Waals surface area contributed by atoms with Gasteiger partial charge in [0, 0.05) is 7.05 Å². The fourth-order valence-electron chi connectivity index (χ4n) is 1.47. The number of ether oxygens (including phenoxy) is 1. The third kappa shape index (κ3) is 3.53. The Balaban J connectivity index is 2.24. The largest absolute Gasteiger partial charge is 0.463 e. The lowest BCUT2D eigenvalue weighted by molar-refractivity contribution is 0.292. The van der Waals surface area contributed by atoms with Gasteiger partial charge in [-0.1, -0.05) is 19.1 Å². The van der Waals surface area contributed by atoms with Gasteiger partial charge >= 0.3 is 6.01 Å². The molecular weight excluding hydrogens is 261 g/mol. The van der Waals surface area contributed by atoms with E-state index in [9.17, 15) is 4.39 Å². The van der Waals surface area contributed by atoms with Crippen molar-refractivity contribution in [3.63, 3.8) is 0 Å². The van der Waals surface area contributed by atoms with E-state index in [4.69, 9.17) is 4.74 Å². The van der Waals surface area contributed by atoms with Gasteiger partial charge in [-0.25, -0.2) is 4.39 Å². The number of hydrogen-bond donors (Lipinski definition) is 2. The molecule has 0 spiro atoms. The zero-order valence-corrected chi connectivity index (χ0v) is 11.4. The van der Waals surface area contributed by atoms with E-state index < -0.39 is 0 Å². The van der Waals surface area contributed by atoms with Crippen molar-refractivity contribution in [2.45, 2.75) is 13.3 Å². The smallest absolute Gasteiger partial charge is 0.323 e. The first kappa shape index (κ1) is 14.0. The molecule has 0 fully saturated rings. The highest BCUT2D eigenvalue weighted by Gasteiger charge is 2.08. The number of anilines is 3. The second kappa shape index (κ2) is 6.65. The van der Waals surface area contributed by atoms with Crippen molar-refractivity contribution >= 4 is 17.6 Å². The summed E-state index contributed by atoms with van der Waals surface area (Å²) in [5, 5.41) is 5.62. The lowest BCUT2D eigenvalue weighted by Gasteiger charge is -2.09. The molecule has 0 atom stereocenters. The average Bonchev–Trinajstić information content (AvgIpc) is 2.47. The molecule has 2 N–H and O–H groups in total. The first-order chi connectivity index (χ1) is 9.72. The summed E-state index contributed by atoms with van der Waals surface area (Å²) in [6, 6.07) is 6.50.